The highest BCUT2D eigenvalue weighted by Crippen LogP contribution is 2.25. The summed E-state index contributed by atoms with van der Waals surface area (Å²) in [6.45, 7) is 3.04. The minimum Gasteiger partial charge on any atom is -0.480 e. The lowest BCUT2D eigenvalue weighted by Gasteiger charge is -2.43. The Balaban J connectivity index is 2.07. The maximum atomic E-state index is 12.5. The van der Waals surface area contributed by atoms with Gasteiger partial charge in [-0.05, 0) is 26.3 Å². The molecular formula is C13H21N3O5. The van der Waals surface area contributed by atoms with Crippen molar-refractivity contribution in [1.82, 2.24) is 14.7 Å². The van der Waals surface area contributed by atoms with Crippen LogP contribution in [-0.4, -0.2) is 87.7 Å². The number of urea groups is 1. The average Bonchev–Trinajstić information content (AvgIpc) is 2.82. The molecule has 2 unspecified atom stereocenters. The molecule has 0 aromatic rings. The number of hydrogen-bond acceptors (Lipinski definition) is 4. The molecule has 2 N–H and O–H groups in total. The summed E-state index contributed by atoms with van der Waals surface area (Å²) >= 11 is 0. The van der Waals surface area contributed by atoms with E-state index in [0.29, 0.717) is 12.6 Å². The summed E-state index contributed by atoms with van der Waals surface area (Å²) in [6.07, 6.45) is 2.13. The van der Waals surface area contributed by atoms with E-state index < -0.39 is 31.1 Å². The van der Waals surface area contributed by atoms with E-state index in [1.807, 2.05) is 6.92 Å². The largest absolute Gasteiger partial charge is 0.480 e. The van der Waals surface area contributed by atoms with Crippen molar-refractivity contribution in [3.8, 4) is 0 Å². The third-order valence-electron chi connectivity index (χ3n) is 4.11. The Kier molecular flexibility index (Phi) is 4.66. The van der Waals surface area contributed by atoms with Crippen molar-refractivity contribution in [3.05, 3.63) is 0 Å². The van der Waals surface area contributed by atoms with Gasteiger partial charge in [-0.2, -0.15) is 0 Å². The van der Waals surface area contributed by atoms with Gasteiger partial charge in [-0.15, -0.1) is 0 Å². The number of fused-ring (bicyclic) bond motifs is 1. The van der Waals surface area contributed by atoms with Crippen LogP contribution in [0.15, 0.2) is 0 Å². The number of carboxylic acids is 2. The summed E-state index contributed by atoms with van der Waals surface area (Å²) in [6, 6.07) is -0.238. The monoisotopic (exact) mass is 299 g/mol. The van der Waals surface area contributed by atoms with Crippen LogP contribution in [0, 0.1) is 0 Å². The highest BCUT2D eigenvalue weighted by molar-refractivity contribution is 5.84. The zero-order chi connectivity index (χ0) is 15.6. The molecule has 8 heteroatoms. The first-order valence-electron chi connectivity index (χ1n) is 7.11. The standard InChI is InChI=1S/C13H21N3O5/c1-9-5-14-4-2-3-10(14)6-16(9)13(21)15(7-11(17)18)8-12(19)20/h9-10H,2-8H2,1H3,(H,17,18)(H,19,20). The Morgan fingerprint density at radius 2 is 1.76 bits per heavy atom. The third kappa shape index (κ3) is 3.63. The SMILES string of the molecule is CC1CN2CCCC2CN1C(=O)N(CC(=O)O)CC(=O)O. The third-order valence-corrected chi connectivity index (χ3v) is 4.11. The second-order valence-corrected chi connectivity index (χ2v) is 5.72. The number of carbonyl (C=O) groups excluding carboxylic acids is 1. The molecule has 118 valence electrons. The predicted molar refractivity (Wildman–Crippen MR) is 73.0 cm³/mol. The van der Waals surface area contributed by atoms with Crippen molar-refractivity contribution < 1.29 is 24.6 Å². The number of nitrogens with zero attached hydrogens (tertiary/aromatic N) is 3. The van der Waals surface area contributed by atoms with E-state index in [1.54, 1.807) is 4.90 Å². The van der Waals surface area contributed by atoms with Gasteiger partial charge in [-0.3, -0.25) is 14.5 Å². The van der Waals surface area contributed by atoms with Gasteiger partial charge in [0.2, 0.25) is 0 Å². The van der Waals surface area contributed by atoms with Gasteiger partial charge in [0.15, 0.2) is 0 Å². The summed E-state index contributed by atoms with van der Waals surface area (Å²) in [7, 11) is 0. The second kappa shape index (κ2) is 6.30. The molecule has 0 aromatic heterocycles. The van der Waals surface area contributed by atoms with Crippen LogP contribution in [0.3, 0.4) is 0 Å². The molecule has 2 aliphatic heterocycles. The second-order valence-electron chi connectivity index (χ2n) is 5.72. The summed E-state index contributed by atoms with van der Waals surface area (Å²) in [5.74, 6) is -2.42. The summed E-state index contributed by atoms with van der Waals surface area (Å²) in [5, 5.41) is 17.7. The number of piperazine rings is 1. The van der Waals surface area contributed by atoms with E-state index in [9.17, 15) is 14.4 Å². The molecule has 2 saturated heterocycles. The Morgan fingerprint density at radius 3 is 2.33 bits per heavy atom. The number of amides is 2. The lowest BCUT2D eigenvalue weighted by Crippen LogP contribution is -2.60. The van der Waals surface area contributed by atoms with E-state index in [2.05, 4.69) is 4.90 Å². The molecule has 0 spiro atoms. The number of carbonyl (C=O) groups is 3. The van der Waals surface area contributed by atoms with Gasteiger partial charge in [0.05, 0.1) is 0 Å². The fraction of sp³-hybridized carbons (Fsp3) is 0.769. The number of hydrogen-bond donors (Lipinski definition) is 2. The molecule has 8 nitrogen and oxygen atoms in total. The van der Waals surface area contributed by atoms with E-state index in [4.69, 9.17) is 10.2 Å². The van der Waals surface area contributed by atoms with Crippen LogP contribution >= 0.6 is 0 Å². The van der Waals surface area contributed by atoms with Crippen LogP contribution in [0.4, 0.5) is 4.79 Å². The van der Waals surface area contributed by atoms with E-state index >= 15 is 0 Å². The Morgan fingerprint density at radius 1 is 1.14 bits per heavy atom. The lowest BCUT2D eigenvalue weighted by molar-refractivity contribution is -0.140. The van der Waals surface area contributed by atoms with E-state index in [0.717, 1.165) is 30.8 Å². The maximum Gasteiger partial charge on any atom is 0.323 e. The van der Waals surface area contributed by atoms with Crippen LogP contribution in [-0.2, 0) is 9.59 Å². The highest BCUT2D eigenvalue weighted by Gasteiger charge is 2.38. The predicted octanol–water partition coefficient (Wildman–Crippen LogP) is -0.254. The summed E-state index contributed by atoms with van der Waals surface area (Å²) < 4.78 is 0. The Labute approximate surface area is 122 Å². The number of carboxylic acid groups (broad SMARTS) is 2. The van der Waals surface area contributed by atoms with Crippen LogP contribution in [0.5, 0.6) is 0 Å². The molecule has 21 heavy (non-hydrogen) atoms. The van der Waals surface area contributed by atoms with Gasteiger partial charge in [0.25, 0.3) is 0 Å². The van der Waals surface area contributed by atoms with Gasteiger partial charge in [-0.25, -0.2) is 4.79 Å². The molecule has 2 heterocycles. The fourth-order valence-corrected chi connectivity index (χ4v) is 3.15. The Hall–Kier alpha value is -1.83. The minimum atomic E-state index is -1.21. The molecule has 2 atom stereocenters. The lowest BCUT2D eigenvalue weighted by atomic mass is 10.1. The fourth-order valence-electron chi connectivity index (χ4n) is 3.15. The zero-order valence-electron chi connectivity index (χ0n) is 12.1. The van der Waals surface area contributed by atoms with Gasteiger partial charge in [0, 0.05) is 25.2 Å². The van der Waals surface area contributed by atoms with Crippen LogP contribution in [0.2, 0.25) is 0 Å². The number of aliphatic carboxylic acids is 2. The van der Waals surface area contributed by atoms with Crippen LogP contribution < -0.4 is 0 Å². The molecule has 0 bridgehead atoms. The Bertz CT molecular complexity index is 426. The molecule has 0 aromatic carbocycles. The van der Waals surface area contributed by atoms with Crippen LogP contribution in [0.25, 0.3) is 0 Å². The number of rotatable bonds is 4. The van der Waals surface area contributed by atoms with Gasteiger partial charge in [-0.1, -0.05) is 0 Å². The topological polar surface area (TPSA) is 101 Å². The minimum absolute atomic E-state index is 0.0445. The van der Waals surface area contributed by atoms with Gasteiger partial charge < -0.3 is 20.0 Å². The molecule has 2 aliphatic rings. The van der Waals surface area contributed by atoms with E-state index in [1.165, 1.54) is 0 Å². The van der Waals surface area contributed by atoms with Crippen molar-refractivity contribution >= 4 is 18.0 Å². The maximum absolute atomic E-state index is 12.5. The van der Waals surface area contributed by atoms with Crippen molar-refractivity contribution in [3.63, 3.8) is 0 Å². The quantitative estimate of drug-likeness (QED) is 0.742. The molecule has 2 rings (SSSR count). The summed E-state index contributed by atoms with van der Waals surface area (Å²) in [5.41, 5.74) is 0. The van der Waals surface area contributed by atoms with Crippen LogP contribution in [0.1, 0.15) is 19.8 Å². The van der Waals surface area contributed by atoms with Gasteiger partial charge >= 0.3 is 18.0 Å². The smallest absolute Gasteiger partial charge is 0.323 e. The molecule has 2 fully saturated rings. The molecule has 0 saturated carbocycles. The first-order valence-corrected chi connectivity index (χ1v) is 7.11. The molecule has 0 radical (unpaired) electrons. The molecule has 0 aliphatic carbocycles. The van der Waals surface area contributed by atoms with Gasteiger partial charge in [0.1, 0.15) is 13.1 Å². The first kappa shape index (κ1) is 15.6. The van der Waals surface area contributed by atoms with Crippen molar-refractivity contribution in [1.29, 1.82) is 0 Å². The highest BCUT2D eigenvalue weighted by atomic mass is 16.4. The normalized spacial score (nSPS) is 25.5. The first-order chi connectivity index (χ1) is 9.88. The summed E-state index contributed by atoms with van der Waals surface area (Å²) in [4.78, 5) is 39.0. The zero-order valence-corrected chi connectivity index (χ0v) is 12.1. The van der Waals surface area contributed by atoms with Crippen molar-refractivity contribution in [2.45, 2.75) is 31.8 Å². The van der Waals surface area contributed by atoms with Crippen molar-refractivity contribution in [2.75, 3.05) is 32.7 Å². The molecular weight excluding hydrogens is 278 g/mol. The molecule has 2 amide bonds. The average molecular weight is 299 g/mol. The van der Waals surface area contributed by atoms with Crippen molar-refractivity contribution in [2.24, 2.45) is 0 Å². The van der Waals surface area contributed by atoms with E-state index in [-0.39, 0.29) is 6.04 Å².